The molecule has 0 aliphatic carbocycles. The molecule has 1 fully saturated rings. The van der Waals surface area contributed by atoms with Crippen molar-refractivity contribution in [3.05, 3.63) is 45.6 Å². The molecule has 31 heavy (non-hydrogen) atoms. The summed E-state index contributed by atoms with van der Waals surface area (Å²) in [6.07, 6.45) is 6.42. The van der Waals surface area contributed by atoms with Crippen molar-refractivity contribution in [1.82, 2.24) is 15.1 Å². The van der Waals surface area contributed by atoms with Crippen molar-refractivity contribution in [1.29, 1.82) is 0 Å². The molecule has 2 atom stereocenters. The van der Waals surface area contributed by atoms with Gasteiger partial charge in [-0.15, -0.1) is 0 Å². The van der Waals surface area contributed by atoms with Gasteiger partial charge in [-0.3, -0.25) is 9.59 Å². The second-order valence-electron chi connectivity index (χ2n) is 9.02. The van der Waals surface area contributed by atoms with Crippen LogP contribution in [0.15, 0.2) is 40.0 Å². The molecule has 2 unspecified atom stereocenters. The first kappa shape index (κ1) is 20.8. The molecule has 1 aromatic rings. The smallest absolute Gasteiger partial charge is 0.256 e. The quantitative estimate of drug-likeness (QED) is 0.643. The van der Waals surface area contributed by atoms with E-state index < -0.39 is 0 Å². The third-order valence-corrected chi connectivity index (χ3v) is 7.52. The van der Waals surface area contributed by atoms with Gasteiger partial charge >= 0.3 is 0 Å². The Morgan fingerprint density at radius 3 is 2.74 bits per heavy atom. The van der Waals surface area contributed by atoms with E-state index in [2.05, 4.69) is 38.4 Å². The van der Waals surface area contributed by atoms with Crippen LogP contribution in [0.25, 0.3) is 5.57 Å². The van der Waals surface area contributed by atoms with Gasteiger partial charge in [0.25, 0.3) is 11.8 Å². The van der Waals surface area contributed by atoms with Crippen molar-refractivity contribution >= 4 is 39.0 Å². The SMILES string of the molecule is CC1C2=C(CCCN(CCN3CCCC3)C2=O)NC1/C=C1\C(=O)Nc2ccc(Br)cc21. The number of nitrogens with one attached hydrogen (secondary N) is 2. The maximum atomic E-state index is 13.4. The number of carbonyl (C=O) groups excluding carboxylic acids is 2. The summed E-state index contributed by atoms with van der Waals surface area (Å²) in [6.45, 7) is 7.01. The van der Waals surface area contributed by atoms with E-state index in [0.29, 0.717) is 5.57 Å². The molecule has 0 bridgehead atoms. The van der Waals surface area contributed by atoms with Crippen LogP contribution < -0.4 is 10.6 Å². The zero-order valence-electron chi connectivity index (χ0n) is 17.9. The first-order chi connectivity index (χ1) is 15.0. The molecule has 0 spiro atoms. The Morgan fingerprint density at radius 1 is 1.13 bits per heavy atom. The molecule has 4 heterocycles. The molecule has 1 saturated heterocycles. The summed E-state index contributed by atoms with van der Waals surface area (Å²) in [6, 6.07) is 5.76. The standard InChI is InChI=1S/C24H29BrN4O2/c1-15-21(14-18-17-13-16(25)6-7-19(17)27-23(18)30)26-20-5-4-10-29(24(31)22(15)20)12-11-28-8-2-3-9-28/h6-7,13-15,21,26H,2-5,8-12H2,1H3,(H,27,30)/b18-14-. The van der Waals surface area contributed by atoms with Gasteiger partial charge in [0.1, 0.15) is 0 Å². The Bertz CT molecular complexity index is 980. The Hall–Kier alpha value is -2.12. The van der Waals surface area contributed by atoms with Gasteiger partial charge in [-0.05, 0) is 63.0 Å². The van der Waals surface area contributed by atoms with Gasteiger partial charge in [-0.1, -0.05) is 22.9 Å². The summed E-state index contributed by atoms with van der Waals surface area (Å²) < 4.78 is 0.943. The maximum absolute atomic E-state index is 13.4. The molecule has 1 aromatic carbocycles. The number of hydrogen-bond acceptors (Lipinski definition) is 4. The van der Waals surface area contributed by atoms with Crippen LogP contribution in [-0.2, 0) is 9.59 Å². The van der Waals surface area contributed by atoms with Crippen molar-refractivity contribution < 1.29 is 9.59 Å². The number of allylic oxidation sites excluding steroid dienone is 1. The summed E-state index contributed by atoms with van der Waals surface area (Å²) in [7, 11) is 0. The van der Waals surface area contributed by atoms with Crippen LogP contribution in [0.3, 0.4) is 0 Å². The van der Waals surface area contributed by atoms with E-state index in [1.54, 1.807) is 0 Å². The van der Waals surface area contributed by atoms with E-state index in [4.69, 9.17) is 0 Å². The molecule has 0 aromatic heterocycles. The highest BCUT2D eigenvalue weighted by Crippen LogP contribution is 2.37. The summed E-state index contributed by atoms with van der Waals surface area (Å²) in [5.41, 5.74) is 4.40. The monoisotopic (exact) mass is 484 g/mol. The fourth-order valence-electron chi connectivity index (χ4n) is 5.28. The van der Waals surface area contributed by atoms with E-state index in [0.717, 1.165) is 72.6 Å². The average Bonchev–Trinajstić information content (AvgIpc) is 3.41. The number of nitrogens with zero attached hydrogens (tertiary/aromatic N) is 2. The predicted octanol–water partition coefficient (Wildman–Crippen LogP) is 3.36. The minimum Gasteiger partial charge on any atom is -0.381 e. The van der Waals surface area contributed by atoms with E-state index in [-0.39, 0.29) is 23.8 Å². The number of benzene rings is 1. The summed E-state index contributed by atoms with van der Waals surface area (Å²) >= 11 is 3.51. The van der Waals surface area contributed by atoms with Crippen LogP contribution >= 0.6 is 15.9 Å². The molecule has 164 valence electrons. The summed E-state index contributed by atoms with van der Waals surface area (Å²) in [5.74, 6) is 0.126. The van der Waals surface area contributed by atoms with Crippen molar-refractivity contribution in [3.8, 4) is 0 Å². The van der Waals surface area contributed by atoms with Crippen molar-refractivity contribution in [2.24, 2.45) is 5.92 Å². The van der Waals surface area contributed by atoms with E-state index in [1.807, 2.05) is 29.2 Å². The Balaban J connectivity index is 1.34. The number of fused-ring (bicyclic) bond motifs is 1. The Morgan fingerprint density at radius 2 is 1.94 bits per heavy atom. The molecule has 6 nitrogen and oxygen atoms in total. The van der Waals surface area contributed by atoms with Gasteiger partial charge in [-0.25, -0.2) is 0 Å². The lowest BCUT2D eigenvalue weighted by Gasteiger charge is -2.26. The lowest BCUT2D eigenvalue weighted by molar-refractivity contribution is -0.127. The number of rotatable bonds is 4. The van der Waals surface area contributed by atoms with Crippen LogP contribution in [0.4, 0.5) is 5.69 Å². The van der Waals surface area contributed by atoms with Gasteiger partial charge < -0.3 is 20.4 Å². The molecule has 0 radical (unpaired) electrons. The molecule has 4 aliphatic rings. The van der Waals surface area contributed by atoms with Crippen molar-refractivity contribution in [2.45, 2.75) is 38.6 Å². The normalized spacial score (nSPS) is 27.4. The lowest BCUT2D eigenvalue weighted by Crippen LogP contribution is -2.40. The zero-order valence-corrected chi connectivity index (χ0v) is 19.5. The second-order valence-corrected chi connectivity index (χ2v) is 9.94. The minimum atomic E-state index is -0.0808. The first-order valence-corrected chi connectivity index (χ1v) is 12.1. The second kappa shape index (κ2) is 8.43. The molecule has 2 amide bonds. The molecule has 5 rings (SSSR count). The third-order valence-electron chi connectivity index (χ3n) is 7.03. The topological polar surface area (TPSA) is 64.7 Å². The lowest BCUT2D eigenvalue weighted by atomic mass is 9.92. The van der Waals surface area contributed by atoms with E-state index >= 15 is 0 Å². The third kappa shape index (κ3) is 3.94. The number of anilines is 1. The first-order valence-electron chi connectivity index (χ1n) is 11.4. The predicted molar refractivity (Wildman–Crippen MR) is 125 cm³/mol. The average molecular weight is 485 g/mol. The number of likely N-dealkylation sites (tertiary alicyclic amines) is 1. The van der Waals surface area contributed by atoms with Crippen LogP contribution in [-0.4, -0.2) is 60.4 Å². The Labute approximate surface area is 191 Å². The molecule has 7 heteroatoms. The number of hydrogen-bond donors (Lipinski definition) is 2. The molecule has 0 saturated carbocycles. The van der Waals surface area contributed by atoms with Gasteiger partial charge in [-0.2, -0.15) is 0 Å². The molecular weight excluding hydrogens is 456 g/mol. The highest BCUT2D eigenvalue weighted by atomic mass is 79.9. The summed E-state index contributed by atoms with van der Waals surface area (Å²) in [5, 5.41) is 6.52. The van der Waals surface area contributed by atoms with Crippen LogP contribution in [0, 0.1) is 5.92 Å². The van der Waals surface area contributed by atoms with Gasteiger partial charge in [0.05, 0.1) is 6.04 Å². The molecule has 2 N–H and O–H groups in total. The van der Waals surface area contributed by atoms with Crippen LogP contribution in [0.1, 0.15) is 38.2 Å². The minimum absolute atomic E-state index is 0.0337. The van der Waals surface area contributed by atoms with Crippen LogP contribution in [0.5, 0.6) is 0 Å². The highest BCUT2D eigenvalue weighted by Gasteiger charge is 2.38. The molecular formula is C24H29BrN4O2. The molecule has 4 aliphatic heterocycles. The van der Waals surface area contributed by atoms with E-state index in [9.17, 15) is 9.59 Å². The van der Waals surface area contributed by atoms with Gasteiger partial charge in [0, 0.05) is 58.1 Å². The fourth-order valence-corrected chi connectivity index (χ4v) is 5.64. The number of amides is 2. The van der Waals surface area contributed by atoms with Gasteiger partial charge in [0.15, 0.2) is 0 Å². The zero-order chi connectivity index (χ0) is 21.5. The number of carbonyl (C=O) groups is 2. The maximum Gasteiger partial charge on any atom is 0.256 e. The summed E-state index contributed by atoms with van der Waals surface area (Å²) in [4.78, 5) is 30.6. The van der Waals surface area contributed by atoms with Crippen molar-refractivity contribution in [2.75, 3.05) is 38.0 Å². The Kier molecular flexibility index (Phi) is 5.65. The van der Waals surface area contributed by atoms with Gasteiger partial charge in [0.2, 0.25) is 0 Å². The van der Waals surface area contributed by atoms with Crippen LogP contribution in [0.2, 0.25) is 0 Å². The van der Waals surface area contributed by atoms with E-state index in [1.165, 1.54) is 12.8 Å². The number of halogens is 1. The fraction of sp³-hybridized carbons (Fsp3) is 0.500. The van der Waals surface area contributed by atoms with Crippen molar-refractivity contribution in [3.63, 3.8) is 0 Å². The highest BCUT2D eigenvalue weighted by molar-refractivity contribution is 9.10. The largest absolute Gasteiger partial charge is 0.381 e.